The highest BCUT2D eigenvalue weighted by Crippen LogP contribution is 2.40. The van der Waals surface area contributed by atoms with E-state index in [1.165, 1.54) is 12.1 Å². The van der Waals surface area contributed by atoms with E-state index in [0.29, 0.717) is 18.5 Å². The summed E-state index contributed by atoms with van der Waals surface area (Å²) in [5.41, 5.74) is -0.510. The van der Waals surface area contributed by atoms with Gasteiger partial charge >= 0.3 is 12.0 Å². The molecular formula is C13H14ClFN2O3. The number of urea groups is 1. The summed E-state index contributed by atoms with van der Waals surface area (Å²) in [6.07, 6.45) is 1.97. The van der Waals surface area contributed by atoms with Gasteiger partial charge in [0.2, 0.25) is 0 Å². The van der Waals surface area contributed by atoms with Gasteiger partial charge in [0.25, 0.3) is 0 Å². The van der Waals surface area contributed by atoms with E-state index in [4.69, 9.17) is 16.7 Å². The molecule has 0 spiro atoms. The third-order valence-electron chi connectivity index (χ3n) is 3.53. The highest BCUT2D eigenvalue weighted by Gasteiger charge is 2.44. The van der Waals surface area contributed by atoms with Crippen LogP contribution < -0.4 is 10.6 Å². The fourth-order valence-electron chi connectivity index (χ4n) is 2.07. The average molecular weight is 301 g/mol. The number of carbonyl (C=O) groups is 2. The van der Waals surface area contributed by atoms with Crippen LogP contribution in [0, 0.1) is 11.2 Å². The van der Waals surface area contributed by atoms with Crippen LogP contribution in [0.3, 0.4) is 0 Å². The highest BCUT2D eigenvalue weighted by molar-refractivity contribution is 6.31. The van der Waals surface area contributed by atoms with Crippen molar-refractivity contribution in [2.45, 2.75) is 19.3 Å². The molecule has 1 aliphatic rings. The molecule has 7 heteroatoms. The lowest BCUT2D eigenvalue weighted by Gasteiger charge is -2.37. The Morgan fingerprint density at radius 2 is 2.10 bits per heavy atom. The normalized spacial score (nSPS) is 16.1. The Morgan fingerprint density at radius 3 is 2.60 bits per heavy atom. The van der Waals surface area contributed by atoms with Gasteiger partial charge in [-0.05, 0) is 31.0 Å². The van der Waals surface area contributed by atoms with Gasteiger partial charge in [-0.2, -0.15) is 0 Å². The Bertz CT molecular complexity index is 546. The first-order valence-corrected chi connectivity index (χ1v) is 6.54. The highest BCUT2D eigenvalue weighted by atomic mass is 35.5. The van der Waals surface area contributed by atoms with Gasteiger partial charge in [0.1, 0.15) is 5.82 Å². The summed E-state index contributed by atoms with van der Waals surface area (Å²) < 4.78 is 13.0. The van der Waals surface area contributed by atoms with Crippen molar-refractivity contribution >= 4 is 29.3 Å². The number of hydrogen-bond donors (Lipinski definition) is 3. The molecule has 1 aromatic carbocycles. The quantitative estimate of drug-likeness (QED) is 0.800. The van der Waals surface area contributed by atoms with Gasteiger partial charge in [-0.3, -0.25) is 4.79 Å². The Labute approximate surface area is 120 Å². The Hall–Kier alpha value is -1.82. The molecule has 0 aromatic heterocycles. The van der Waals surface area contributed by atoms with E-state index in [1.807, 2.05) is 0 Å². The predicted molar refractivity (Wildman–Crippen MR) is 72.4 cm³/mol. The summed E-state index contributed by atoms with van der Waals surface area (Å²) in [5, 5.41) is 14.0. The molecule has 1 fully saturated rings. The number of amides is 2. The lowest BCUT2D eigenvalue weighted by atomic mass is 9.69. The smallest absolute Gasteiger partial charge is 0.319 e. The number of hydrogen-bond acceptors (Lipinski definition) is 2. The zero-order valence-corrected chi connectivity index (χ0v) is 11.3. The van der Waals surface area contributed by atoms with Gasteiger partial charge in [-0.15, -0.1) is 0 Å². The first-order valence-electron chi connectivity index (χ1n) is 6.16. The lowest BCUT2D eigenvalue weighted by Crippen LogP contribution is -2.48. The predicted octanol–water partition coefficient (Wildman–Crippen LogP) is 2.86. The van der Waals surface area contributed by atoms with Gasteiger partial charge in [-0.1, -0.05) is 18.0 Å². The molecule has 1 aromatic rings. The molecule has 20 heavy (non-hydrogen) atoms. The molecule has 1 aliphatic carbocycles. The van der Waals surface area contributed by atoms with Crippen LogP contribution in [0.25, 0.3) is 0 Å². The second kappa shape index (κ2) is 5.66. The van der Waals surface area contributed by atoms with E-state index in [2.05, 4.69) is 10.6 Å². The molecule has 0 bridgehead atoms. The van der Waals surface area contributed by atoms with E-state index in [0.717, 1.165) is 12.5 Å². The molecule has 0 aliphatic heterocycles. The zero-order chi connectivity index (χ0) is 14.8. The maximum Gasteiger partial charge on any atom is 0.319 e. The fraction of sp³-hybridized carbons (Fsp3) is 0.385. The van der Waals surface area contributed by atoms with Crippen molar-refractivity contribution in [2.75, 3.05) is 11.9 Å². The lowest BCUT2D eigenvalue weighted by molar-refractivity contribution is -0.153. The van der Waals surface area contributed by atoms with Crippen molar-refractivity contribution in [1.82, 2.24) is 5.32 Å². The van der Waals surface area contributed by atoms with Gasteiger partial charge in [-0.25, -0.2) is 9.18 Å². The second-order valence-corrected chi connectivity index (χ2v) is 5.28. The van der Waals surface area contributed by atoms with Crippen LogP contribution in [0.15, 0.2) is 18.2 Å². The number of aliphatic carboxylic acids is 1. The number of carbonyl (C=O) groups excluding carboxylic acids is 1. The van der Waals surface area contributed by atoms with Gasteiger partial charge in [0.05, 0.1) is 10.4 Å². The fourth-order valence-corrected chi connectivity index (χ4v) is 2.25. The molecule has 0 heterocycles. The molecular weight excluding hydrogens is 287 g/mol. The first-order chi connectivity index (χ1) is 9.43. The van der Waals surface area contributed by atoms with Crippen LogP contribution >= 0.6 is 11.6 Å². The zero-order valence-electron chi connectivity index (χ0n) is 10.6. The summed E-state index contributed by atoms with van der Waals surface area (Å²) in [7, 11) is 0. The Kier molecular flexibility index (Phi) is 4.13. The van der Waals surface area contributed by atoms with Crippen molar-refractivity contribution in [3.05, 3.63) is 29.0 Å². The van der Waals surface area contributed by atoms with E-state index in [9.17, 15) is 14.0 Å². The second-order valence-electron chi connectivity index (χ2n) is 4.88. The number of anilines is 1. The number of benzene rings is 1. The van der Waals surface area contributed by atoms with Crippen LogP contribution in [0.5, 0.6) is 0 Å². The van der Waals surface area contributed by atoms with Crippen molar-refractivity contribution in [2.24, 2.45) is 5.41 Å². The third kappa shape index (κ3) is 3.01. The third-order valence-corrected chi connectivity index (χ3v) is 3.82. The largest absolute Gasteiger partial charge is 0.481 e. The van der Waals surface area contributed by atoms with Crippen LogP contribution in [0.1, 0.15) is 19.3 Å². The topological polar surface area (TPSA) is 78.4 Å². The summed E-state index contributed by atoms with van der Waals surface area (Å²) in [5.74, 6) is -1.47. The summed E-state index contributed by atoms with van der Waals surface area (Å²) in [4.78, 5) is 22.8. The van der Waals surface area contributed by atoms with E-state index >= 15 is 0 Å². The average Bonchev–Trinajstić information content (AvgIpc) is 2.32. The Balaban J connectivity index is 1.89. The van der Waals surface area contributed by atoms with Gasteiger partial charge in [0.15, 0.2) is 0 Å². The molecule has 2 amide bonds. The van der Waals surface area contributed by atoms with Crippen molar-refractivity contribution in [3.8, 4) is 0 Å². The molecule has 0 unspecified atom stereocenters. The van der Waals surface area contributed by atoms with E-state index in [1.54, 1.807) is 0 Å². The van der Waals surface area contributed by atoms with Gasteiger partial charge in [0, 0.05) is 12.2 Å². The number of rotatable bonds is 4. The molecule has 0 saturated heterocycles. The van der Waals surface area contributed by atoms with Crippen molar-refractivity contribution < 1.29 is 19.1 Å². The summed E-state index contributed by atoms with van der Waals surface area (Å²) in [6.45, 7) is 0.0725. The maximum atomic E-state index is 13.0. The SMILES string of the molecule is O=C(NCC1(C(=O)O)CCC1)Nc1ccc(F)c(Cl)c1. The minimum absolute atomic E-state index is 0.0725. The summed E-state index contributed by atoms with van der Waals surface area (Å²) >= 11 is 5.60. The van der Waals surface area contributed by atoms with Crippen molar-refractivity contribution in [1.29, 1.82) is 0 Å². The monoisotopic (exact) mass is 300 g/mol. The number of halogens is 2. The molecule has 5 nitrogen and oxygen atoms in total. The minimum atomic E-state index is -0.895. The van der Waals surface area contributed by atoms with E-state index in [-0.39, 0.29) is 11.6 Å². The van der Waals surface area contributed by atoms with Gasteiger partial charge < -0.3 is 15.7 Å². The molecule has 0 radical (unpaired) electrons. The summed E-state index contributed by atoms with van der Waals surface area (Å²) in [6, 6.07) is 3.26. The molecule has 1 saturated carbocycles. The number of carboxylic acids is 1. The Morgan fingerprint density at radius 1 is 1.40 bits per heavy atom. The van der Waals surface area contributed by atoms with Crippen LogP contribution in [0.4, 0.5) is 14.9 Å². The number of carboxylic acid groups (broad SMARTS) is 1. The first kappa shape index (κ1) is 14.6. The molecule has 108 valence electrons. The minimum Gasteiger partial charge on any atom is -0.481 e. The van der Waals surface area contributed by atoms with Crippen LogP contribution in [-0.2, 0) is 4.79 Å². The van der Waals surface area contributed by atoms with E-state index < -0.39 is 23.2 Å². The molecule has 0 atom stereocenters. The maximum absolute atomic E-state index is 13.0. The van der Waals surface area contributed by atoms with Crippen LogP contribution in [-0.4, -0.2) is 23.7 Å². The molecule has 2 rings (SSSR count). The van der Waals surface area contributed by atoms with Crippen molar-refractivity contribution in [3.63, 3.8) is 0 Å². The molecule has 3 N–H and O–H groups in total. The standard InChI is InChI=1S/C13H14ClFN2O3/c14-9-6-8(2-3-10(9)15)17-12(20)16-7-13(11(18)19)4-1-5-13/h2-3,6H,1,4-5,7H2,(H,18,19)(H2,16,17,20). The number of nitrogens with one attached hydrogen (secondary N) is 2. The van der Waals surface area contributed by atoms with Crippen LogP contribution in [0.2, 0.25) is 5.02 Å².